The number of methoxy groups -OCH3 is 3. The molecule has 0 saturated heterocycles. The lowest BCUT2D eigenvalue weighted by atomic mass is 10.1. The van der Waals surface area contributed by atoms with Crippen molar-refractivity contribution in [1.29, 1.82) is 0 Å². The Morgan fingerprint density at radius 3 is 2.55 bits per heavy atom. The van der Waals surface area contributed by atoms with Gasteiger partial charge >= 0.3 is 12.0 Å². The van der Waals surface area contributed by atoms with Crippen LogP contribution in [0.5, 0.6) is 11.9 Å². The van der Waals surface area contributed by atoms with Crippen LogP contribution in [0.2, 0.25) is 0 Å². The second-order valence-electron chi connectivity index (χ2n) is 3.80. The Hall–Kier alpha value is -2.64. The number of hydrogen-bond donors (Lipinski definition) is 0. The molecule has 8 nitrogen and oxygen atoms in total. The minimum atomic E-state index is -0.503. The Kier molecular flexibility index (Phi) is 3.83. The molecule has 2 heterocycles. The van der Waals surface area contributed by atoms with Gasteiger partial charge in [-0.25, -0.2) is 4.79 Å². The number of aromatic nitrogens is 4. The molecule has 2 aromatic heterocycles. The van der Waals surface area contributed by atoms with E-state index >= 15 is 0 Å². The third-order valence-corrected chi connectivity index (χ3v) is 2.67. The molecular formula is C12H14N4O4. The highest BCUT2D eigenvalue weighted by Gasteiger charge is 2.21. The molecule has 0 fully saturated rings. The molecule has 0 unspecified atom stereocenters. The fraction of sp³-hybridized carbons (Fsp3) is 0.333. The van der Waals surface area contributed by atoms with Gasteiger partial charge in [0.25, 0.3) is 0 Å². The van der Waals surface area contributed by atoms with Crippen LogP contribution in [0, 0.1) is 0 Å². The van der Waals surface area contributed by atoms with Crippen molar-refractivity contribution in [3.8, 4) is 23.1 Å². The first kappa shape index (κ1) is 13.8. The molecule has 0 aliphatic rings. The Balaban J connectivity index is 2.59. The monoisotopic (exact) mass is 278 g/mol. The molecule has 0 saturated carbocycles. The van der Waals surface area contributed by atoms with Crippen LogP contribution in [0.25, 0.3) is 11.3 Å². The third kappa shape index (κ3) is 2.40. The van der Waals surface area contributed by atoms with Crippen molar-refractivity contribution in [2.75, 3.05) is 21.3 Å². The van der Waals surface area contributed by atoms with E-state index in [1.807, 2.05) is 0 Å². The average molecular weight is 278 g/mol. The van der Waals surface area contributed by atoms with E-state index in [9.17, 15) is 4.79 Å². The summed E-state index contributed by atoms with van der Waals surface area (Å²) in [6.07, 6.45) is 1.52. The van der Waals surface area contributed by atoms with Gasteiger partial charge in [0.15, 0.2) is 5.69 Å². The summed E-state index contributed by atoms with van der Waals surface area (Å²) < 4.78 is 16.2. The zero-order chi connectivity index (χ0) is 14.7. The summed E-state index contributed by atoms with van der Waals surface area (Å²) in [6, 6.07) is 1.73. The van der Waals surface area contributed by atoms with E-state index in [1.165, 1.54) is 32.2 Å². The van der Waals surface area contributed by atoms with E-state index in [2.05, 4.69) is 15.1 Å². The van der Waals surface area contributed by atoms with E-state index in [1.54, 1.807) is 13.1 Å². The van der Waals surface area contributed by atoms with Crippen LogP contribution in [0.4, 0.5) is 0 Å². The maximum absolute atomic E-state index is 11.8. The van der Waals surface area contributed by atoms with Crippen LogP contribution < -0.4 is 9.47 Å². The second kappa shape index (κ2) is 5.55. The first-order valence-corrected chi connectivity index (χ1v) is 5.68. The highest BCUT2D eigenvalue weighted by molar-refractivity contribution is 5.94. The molecule has 0 amide bonds. The molecule has 0 aliphatic heterocycles. The minimum absolute atomic E-state index is 0.138. The summed E-state index contributed by atoms with van der Waals surface area (Å²) in [5.74, 6) is -0.178. The van der Waals surface area contributed by atoms with Crippen molar-refractivity contribution in [1.82, 2.24) is 19.7 Å². The highest BCUT2D eigenvalue weighted by Crippen LogP contribution is 2.26. The normalized spacial score (nSPS) is 10.2. The summed E-state index contributed by atoms with van der Waals surface area (Å²) >= 11 is 0. The Bertz CT molecular complexity index is 616. The second-order valence-corrected chi connectivity index (χ2v) is 3.80. The lowest BCUT2D eigenvalue weighted by Gasteiger charge is -2.07. The number of carbonyl (C=O) groups is 1. The highest BCUT2D eigenvalue weighted by atomic mass is 16.5. The number of ether oxygens (including phenoxy) is 3. The van der Waals surface area contributed by atoms with Gasteiger partial charge in [-0.3, -0.25) is 4.68 Å². The van der Waals surface area contributed by atoms with Gasteiger partial charge in [-0.1, -0.05) is 0 Å². The lowest BCUT2D eigenvalue weighted by Crippen LogP contribution is -2.10. The molecule has 106 valence electrons. The van der Waals surface area contributed by atoms with Gasteiger partial charge in [-0.05, 0) is 0 Å². The van der Waals surface area contributed by atoms with Gasteiger partial charge in [-0.2, -0.15) is 15.1 Å². The van der Waals surface area contributed by atoms with Crippen LogP contribution in [0.1, 0.15) is 10.5 Å². The summed E-state index contributed by atoms with van der Waals surface area (Å²) in [5, 5.41) is 4.05. The largest absolute Gasteiger partial charge is 0.481 e. The maximum Gasteiger partial charge on any atom is 0.357 e. The zero-order valence-corrected chi connectivity index (χ0v) is 11.6. The molecule has 8 heteroatoms. The number of rotatable bonds is 4. The van der Waals surface area contributed by atoms with Gasteiger partial charge in [-0.15, -0.1) is 0 Å². The van der Waals surface area contributed by atoms with Crippen LogP contribution in [0.3, 0.4) is 0 Å². The van der Waals surface area contributed by atoms with Gasteiger partial charge in [0.2, 0.25) is 5.88 Å². The predicted octanol–water partition coefficient (Wildman–Crippen LogP) is 0.681. The van der Waals surface area contributed by atoms with Crippen LogP contribution in [0.15, 0.2) is 12.3 Å². The van der Waals surface area contributed by atoms with Crippen molar-refractivity contribution in [3.05, 3.63) is 18.0 Å². The van der Waals surface area contributed by atoms with Gasteiger partial charge in [0, 0.05) is 13.1 Å². The van der Waals surface area contributed by atoms with Crippen LogP contribution in [-0.4, -0.2) is 47.0 Å². The Morgan fingerprint density at radius 1 is 1.20 bits per heavy atom. The summed E-state index contributed by atoms with van der Waals surface area (Å²) in [7, 11) is 5.88. The Labute approximate surface area is 115 Å². The molecule has 0 spiro atoms. The molecule has 0 bridgehead atoms. The summed E-state index contributed by atoms with van der Waals surface area (Å²) in [6.45, 7) is 0. The lowest BCUT2D eigenvalue weighted by molar-refractivity contribution is 0.0589. The first-order chi connectivity index (χ1) is 9.60. The van der Waals surface area contributed by atoms with E-state index in [0.29, 0.717) is 17.1 Å². The summed E-state index contributed by atoms with van der Waals surface area (Å²) in [4.78, 5) is 20.0. The van der Waals surface area contributed by atoms with Crippen LogP contribution in [-0.2, 0) is 11.8 Å². The molecule has 0 aliphatic carbocycles. The summed E-state index contributed by atoms with van der Waals surface area (Å²) in [5.41, 5.74) is 1.26. The predicted molar refractivity (Wildman–Crippen MR) is 68.7 cm³/mol. The standard InChI is InChI=1S/C12H14N4O4/c1-16-10(11(17)19-3)7(6-13-16)8-5-9(18-2)15-12(14-8)20-4/h5-6H,1-4H3. The molecule has 2 aromatic rings. The fourth-order valence-electron chi connectivity index (χ4n) is 1.70. The van der Waals surface area contributed by atoms with Crippen LogP contribution >= 0.6 is 0 Å². The van der Waals surface area contributed by atoms with Gasteiger partial charge in [0.05, 0.1) is 38.8 Å². The molecule has 0 N–H and O–H groups in total. The SMILES string of the molecule is COC(=O)c1c(-c2cc(OC)nc(OC)n2)cnn1C. The van der Waals surface area contributed by atoms with Crippen molar-refractivity contribution in [2.45, 2.75) is 0 Å². The zero-order valence-electron chi connectivity index (χ0n) is 11.6. The number of carbonyl (C=O) groups excluding carboxylic acids is 1. The van der Waals surface area contributed by atoms with Gasteiger partial charge < -0.3 is 14.2 Å². The number of esters is 1. The van der Waals surface area contributed by atoms with Crippen molar-refractivity contribution in [2.24, 2.45) is 7.05 Å². The van der Waals surface area contributed by atoms with Crippen molar-refractivity contribution in [3.63, 3.8) is 0 Å². The molecule has 2 rings (SSSR count). The number of hydrogen-bond acceptors (Lipinski definition) is 7. The molecular weight excluding hydrogens is 264 g/mol. The van der Waals surface area contributed by atoms with Crippen molar-refractivity contribution < 1.29 is 19.0 Å². The smallest absolute Gasteiger partial charge is 0.357 e. The third-order valence-electron chi connectivity index (χ3n) is 2.67. The molecule has 0 radical (unpaired) electrons. The maximum atomic E-state index is 11.8. The number of aryl methyl sites for hydroxylation is 1. The van der Waals surface area contributed by atoms with E-state index < -0.39 is 5.97 Å². The minimum Gasteiger partial charge on any atom is -0.481 e. The Morgan fingerprint density at radius 2 is 1.95 bits per heavy atom. The molecule has 0 atom stereocenters. The average Bonchev–Trinajstić information content (AvgIpc) is 2.87. The molecule has 0 aromatic carbocycles. The topological polar surface area (TPSA) is 88.4 Å². The molecule has 20 heavy (non-hydrogen) atoms. The fourth-order valence-corrected chi connectivity index (χ4v) is 1.70. The first-order valence-electron chi connectivity index (χ1n) is 5.68. The quantitative estimate of drug-likeness (QED) is 0.760. The number of nitrogens with zero attached hydrogens (tertiary/aromatic N) is 4. The van der Waals surface area contributed by atoms with E-state index in [4.69, 9.17) is 14.2 Å². The van der Waals surface area contributed by atoms with Crippen molar-refractivity contribution >= 4 is 5.97 Å². The van der Waals surface area contributed by atoms with E-state index in [-0.39, 0.29) is 11.7 Å². The van der Waals surface area contributed by atoms with Gasteiger partial charge in [0.1, 0.15) is 0 Å². The van der Waals surface area contributed by atoms with E-state index in [0.717, 1.165) is 0 Å².